The molecule has 1 aromatic rings. The number of hydrogen-bond acceptors (Lipinski definition) is 5. The van der Waals surface area contributed by atoms with Gasteiger partial charge >= 0.3 is 0 Å². The van der Waals surface area contributed by atoms with E-state index < -0.39 is 21.7 Å². The molecule has 3 rings (SSSR count). The zero-order chi connectivity index (χ0) is 16.7. The fourth-order valence-corrected chi connectivity index (χ4v) is 5.47. The van der Waals surface area contributed by atoms with Gasteiger partial charge in [0.25, 0.3) is 0 Å². The van der Waals surface area contributed by atoms with Gasteiger partial charge in [0.1, 0.15) is 0 Å². The predicted octanol–water partition coefficient (Wildman–Crippen LogP) is 0.264. The summed E-state index contributed by atoms with van der Waals surface area (Å²) in [5, 5.41) is 15.0. The Hall–Kier alpha value is -0.960. The molecule has 0 radical (unpaired) electrons. The smallest absolute Gasteiger partial charge is 0.211 e. The molecule has 1 aromatic heterocycles. The molecule has 0 aromatic carbocycles. The number of β-amino-alcohol motifs (C(OH)–C–C–N with tert-alkyl or cyclic N) is 1. The molecule has 2 aliphatic rings. The summed E-state index contributed by atoms with van der Waals surface area (Å²) in [6, 6.07) is 0. The molecule has 1 spiro atoms. The van der Waals surface area contributed by atoms with E-state index in [0.29, 0.717) is 19.5 Å². The molecule has 0 aliphatic carbocycles. The third kappa shape index (κ3) is 3.17. The Bertz CT molecular complexity index is 659. The van der Waals surface area contributed by atoms with Gasteiger partial charge in [-0.25, -0.2) is 8.42 Å². The van der Waals surface area contributed by atoms with Crippen molar-refractivity contribution in [2.24, 2.45) is 0 Å². The third-order valence-corrected chi connectivity index (χ3v) is 6.54. The Morgan fingerprint density at radius 3 is 2.78 bits per heavy atom. The average Bonchev–Trinajstić information content (AvgIpc) is 3.10. The number of aliphatic hydroxyl groups is 1. The second-order valence-electron chi connectivity index (χ2n) is 6.75. The monoisotopic (exact) mass is 342 g/mol. The summed E-state index contributed by atoms with van der Waals surface area (Å²) < 4.78 is 27.5. The molecule has 0 bridgehead atoms. The van der Waals surface area contributed by atoms with Gasteiger partial charge in [0.15, 0.2) is 0 Å². The molecule has 0 saturated carbocycles. The van der Waals surface area contributed by atoms with Crippen molar-refractivity contribution in [2.45, 2.75) is 50.9 Å². The largest absolute Gasteiger partial charge is 0.390 e. The van der Waals surface area contributed by atoms with Crippen LogP contribution in [-0.4, -0.2) is 70.0 Å². The number of aliphatic hydroxyl groups excluding tert-OH is 1. The fourth-order valence-electron chi connectivity index (χ4n) is 4.04. The van der Waals surface area contributed by atoms with E-state index in [2.05, 4.69) is 10.00 Å². The first-order valence-corrected chi connectivity index (χ1v) is 10.1. The van der Waals surface area contributed by atoms with Gasteiger partial charge in [-0.3, -0.25) is 9.58 Å². The molecule has 2 atom stereocenters. The van der Waals surface area contributed by atoms with Crippen LogP contribution in [0.3, 0.4) is 0 Å². The summed E-state index contributed by atoms with van der Waals surface area (Å²) in [5.41, 5.74) is 0.527. The van der Waals surface area contributed by atoms with Crippen molar-refractivity contribution in [2.75, 3.05) is 25.9 Å². The van der Waals surface area contributed by atoms with E-state index in [4.69, 9.17) is 0 Å². The topological polar surface area (TPSA) is 78.7 Å². The van der Waals surface area contributed by atoms with E-state index >= 15 is 0 Å². The zero-order valence-electron chi connectivity index (χ0n) is 13.8. The van der Waals surface area contributed by atoms with Gasteiger partial charge in [-0.05, 0) is 26.2 Å². The van der Waals surface area contributed by atoms with E-state index in [1.54, 1.807) is 0 Å². The van der Waals surface area contributed by atoms with E-state index in [-0.39, 0.29) is 0 Å². The second kappa shape index (κ2) is 6.16. The van der Waals surface area contributed by atoms with Gasteiger partial charge in [-0.2, -0.15) is 9.40 Å². The average molecular weight is 342 g/mol. The first-order chi connectivity index (χ1) is 10.8. The number of hydrogen-bond donors (Lipinski definition) is 1. The summed E-state index contributed by atoms with van der Waals surface area (Å²) in [6.07, 6.45) is 6.75. The van der Waals surface area contributed by atoms with Gasteiger partial charge in [0.05, 0.1) is 24.1 Å². The SMILES string of the molecule is CCn1cc(CN2CC[C@@]3(CCCN3S(C)(=O)=O)[C@@H](O)C2)cn1. The van der Waals surface area contributed by atoms with Crippen LogP contribution in [0.5, 0.6) is 0 Å². The number of nitrogens with zero attached hydrogens (tertiary/aromatic N) is 4. The highest BCUT2D eigenvalue weighted by atomic mass is 32.2. The Kier molecular flexibility index (Phi) is 4.52. The van der Waals surface area contributed by atoms with Crippen molar-refractivity contribution in [3.05, 3.63) is 18.0 Å². The van der Waals surface area contributed by atoms with E-state index in [0.717, 1.165) is 38.0 Å². The quantitative estimate of drug-likeness (QED) is 0.849. The number of sulfonamides is 1. The lowest BCUT2D eigenvalue weighted by molar-refractivity contribution is -0.0380. The van der Waals surface area contributed by atoms with Gasteiger partial charge in [-0.15, -0.1) is 0 Å². The standard InChI is InChI=1S/C15H26N4O3S/c1-3-18-11-13(9-16-18)10-17-8-6-15(14(20)12-17)5-4-7-19(15)23(2,21)22/h9,11,14,20H,3-8,10,12H2,1-2H3/t14-,15-/m0/s1. The minimum Gasteiger partial charge on any atom is -0.390 e. The van der Waals surface area contributed by atoms with Gasteiger partial charge in [0.2, 0.25) is 10.0 Å². The van der Waals surface area contributed by atoms with E-state index in [1.807, 2.05) is 24.0 Å². The van der Waals surface area contributed by atoms with Crippen molar-refractivity contribution < 1.29 is 13.5 Å². The zero-order valence-corrected chi connectivity index (χ0v) is 14.7. The summed E-state index contributed by atoms with van der Waals surface area (Å²) in [6.45, 7) is 5.45. The van der Waals surface area contributed by atoms with Crippen molar-refractivity contribution in [3.63, 3.8) is 0 Å². The highest BCUT2D eigenvalue weighted by Gasteiger charge is 2.52. The van der Waals surface area contributed by atoms with Crippen molar-refractivity contribution >= 4 is 10.0 Å². The van der Waals surface area contributed by atoms with Crippen LogP contribution in [0.25, 0.3) is 0 Å². The number of aryl methyl sites for hydroxylation is 1. The maximum absolute atomic E-state index is 12.1. The molecular weight excluding hydrogens is 316 g/mol. The number of piperidine rings is 1. The Morgan fingerprint density at radius 2 is 2.17 bits per heavy atom. The molecule has 0 amide bonds. The van der Waals surface area contributed by atoms with Crippen LogP contribution in [0.15, 0.2) is 12.4 Å². The first-order valence-electron chi connectivity index (χ1n) is 8.25. The van der Waals surface area contributed by atoms with E-state index in [9.17, 15) is 13.5 Å². The molecule has 2 aliphatic heterocycles. The highest BCUT2D eigenvalue weighted by molar-refractivity contribution is 7.88. The van der Waals surface area contributed by atoms with Gasteiger partial charge in [-0.1, -0.05) is 0 Å². The molecule has 8 heteroatoms. The van der Waals surface area contributed by atoms with Crippen LogP contribution < -0.4 is 0 Å². The lowest BCUT2D eigenvalue weighted by atomic mass is 9.83. The lowest BCUT2D eigenvalue weighted by Crippen LogP contribution is -2.62. The molecule has 7 nitrogen and oxygen atoms in total. The van der Waals surface area contributed by atoms with E-state index in [1.165, 1.54) is 10.6 Å². The summed E-state index contributed by atoms with van der Waals surface area (Å²) in [4.78, 5) is 2.19. The van der Waals surface area contributed by atoms with Crippen molar-refractivity contribution in [1.82, 2.24) is 19.0 Å². The maximum atomic E-state index is 12.1. The normalized spacial score (nSPS) is 30.3. The fraction of sp³-hybridized carbons (Fsp3) is 0.800. The lowest BCUT2D eigenvalue weighted by Gasteiger charge is -2.47. The second-order valence-corrected chi connectivity index (χ2v) is 8.65. The van der Waals surface area contributed by atoms with Crippen LogP contribution in [0.4, 0.5) is 0 Å². The molecule has 2 saturated heterocycles. The van der Waals surface area contributed by atoms with Crippen LogP contribution in [0.1, 0.15) is 31.7 Å². The van der Waals surface area contributed by atoms with Crippen LogP contribution in [0, 0.1) is 0 Å². The van der Waals surface area contributed by atoms with Crippen LogP contribution in [0.2, 0.25) is 0 Å². The first kappa shape index (κ1) is 16.9. The number of aromatic nitrogens is 2. The van der Waals surface area contributed by atoms with Crippen molar-refractivity contribution in [1.29, 1.82) is 0 Å². The molecule has 130 valence electrons. The minimum atomic E-state index is -3.28. The van der Waals surface area contributed by atoms with Crippen LogP contribution in [-0.2, 0) is 23.1 Å². The van der Waals surface area contributed by atoms with Crippen LogP contribution >= 0.6 is 0 Å². The van der Waals surface area contributed by atoms with Gasteiger partial charge < -0.3 is 5.11 Å². The molecule has 2 fully saturated rings. The van der Waals surface area contributed by atoms with Gasteiger partial charge in [0, 0.05) is 44.5 Å². The Labute approximate surface area is 137 Å². The van der Waals surface area contributed by atoms with Crippen molar-refractivity contribution in [3.8, 4) is 0 Å². The predicted molar refractivity (Wildman–Crippen MR) is 87.3 cm³/mol. The molecular formula is C15H26N4O3S. The Morgan fingerprint density at radius 1 is 1.39 bits per heavy atom. The molecule has 1 N–H and O–H groups in total. The molecule has 23 heavy (non-hydrogen) atoms. The summed E-state index contributed by atoms with van der Waals surface area (Å²) in [7, 11) is -3.28. The number of likely N-dealkylation sites (tertiary alicyclic amines) is 1. The minimum absolute atomic E-state index is 0.503. The molecule has 0 unspecified atom stereocenters. The highest BCUT2D eigenvalue weighted by Crippen LogP contribution is 2.40. The molecule has 3 heterocycles. The third-order valence-electron chi connectivity index (χ3n) is 5.20. The summed E-state index contributed by atoms with van der Waals surface area (Å²) in [5.74, 6) is 0. The summed E-state index contributed by atoms with van der Waals surface area (Å²) >= 11 is 0. The Balaban J connectivity index is 1.69. The maximum Gasteiger partial charge on any atom is 0.211 e. The number of rotatable bonds is 4.